The molecule has 0 N–H and O–H groups in total. The maximum absolute atomic E-state index is 14.1. The third kappa shape index (κ3) is 6.98. The van der Waals surface area contributed by atoms with Gasteiger partial charge in [-0.15, -0.1) is 0 Å². The third-order valence-electron chi connectivity index (χ3n) is 7.11. The molecule has 230 valence electrons. The molecule has 4 aromatic rings. The highest BCUT2D eigenvalue weighted by atomic mass is 79.9. The number of halogens is 2. The number of methoxy groups -OCH3 is 1. The van der Waals surface area contributed by atoms with E-state index in [0.29, 0.717) is 56.3 Å². The quantitative estimate of drug-likeness (QED) is 0.170. The van der Waals surface area contributed by atoms with Gasteiger partial charge in [0.2, 0.25) is 0 Å². The van der Waals surface area contributed by atoms with E-state index in [9.17, 15) is 9.59 Å². The van der Waals surface area contributed by atoms with Gasteiger partial charge in [-0.05, 0) is 88.9 Å². The second kappa shape index (κ2) is 14.4. The van der Waals surface area contributed by atoms with E-state index in [-0.39, 0.29) is 12.2 Å². The first-order chi connectivity index (χ1) is 21.8. The van der Waals surface area contributed by atoms with Crippen LogP contribution in [0.2, 0.25) is 0 Å². The van der Waals surface area contributed by atoms with Crippen molar-refractivity contribution in [1.29, 1.82) is 5.26 Å². The molecule has 0 fully saturated rings. The minimum atomic E-state index is -0.791. The Kier molecular flexibility index (Phi) is 10.4. The van der Waals surface area contributed by atoms with Crippen LogP contribution < -0.4 is 24.4 Å². The Balaban J connectivity index is 1.58. The van der Waals surface area contributed by atoms with E-state index in [1.807, 2.05) is 55.5 Å². The molecule has 2 heterocycles. The minimum Gasteiger partial charge on any atom is -0.496 e. The number of nitriles is 1. The van der Waals surface area contributed by atoms with Gasteiger partial charge in [0, 0.05) is 10.0 Å². The molecule has 1 aliphatic rings. The minimum absolute atomic E-state index is 0.191. The van der Waals surface area contributed by atoms with Crippen LogP contribution in [0.3, 0.4) is 0 Å². The molecule has 11 heteroatoms. The van der Waals surface area contributed by atoms with Gasteiger partial charge >= 0.3 is 5.97 Å². The second-order valence-electron chi connectivity index (χ2n) is 10.1. The van der Waals surface area contributed by atoms with Crippen LogP contribution in [0.1, 0.15) is 55.0 Å². The molecule has 0 amide bonds. The topological polar surface area (TPSA) is 103 Å². The molecule has 1 aliphatic heterocycles. The van der Waals surface area contributed by atoms with E-state index in [1.165, 1.54) is 11.3 Å². The fourth-order valence-corrected chi connectivity index (χ4v) is 6.96. The highest BCUT2D eigenvalue weighted by Gasteiger charge is 2.36. The molecule has 3 aromatic carbocycles. The molecule has 8 nitrogen and oxygen atoms in total. The number of fused-ring (bicyclic) bond motifs is 1. The number of benzene rings is 3. The number of hydrogen-bond acceptors (Lipinski definition) is 8. The van der Waals surface area contributed by atoms with Crippen LogP contribution in [0.5, 0.6) is 11.5 Å². The van der Waals surface area contributed by atoms with Crippen LogP contribution >= 0.6 is 43.2 Å². The SMILES string of the molecule is CCCC1=C(C(=O)OCC)[C@@H](c2cc(Br)ccc2OC)n2c(s/c(=C/c3ccc(OCc4ccc(C#N)cc4)c(Br)c3)c2=O)=N1. The number of ether oxygens (including phenoxy) is 3. The lowest BCUT2D eigenvalue weighted by Crippen LogP contribution is -2.40. The zero-order valence-electron chi connectivity index (χ0n) is 24.8. The van der Waals surface area contributed by atoms with E-state index in [1.54, 1.807) is 36.8 Å². The maximum atomic E-state index is 14.1. The summed E-state index contributed by atoms with van der Waals surface area (Å²) in [6.45, 7) is 4.30. The van der Waals surface area contributed by atoms with Crippen molar-refractivity contribution < 1.29 is 19.0 Å². The number of allylic oxidation sites excluding steroid dienone is 1. The van der Waals surface area contributed by atoms with E-state index in [2.05, 4.69) is 37.9 Å². The largest absolute Gasteiger partial charge is 0.496 e. The number of carbonyl (C=O) groups excluding carboxylic acids is 1. The molecule has 0 unspecified atom stereocenters. The molecule has 0 bridgehead atoms. The smallest absolute Gasteiger partial charge is 0.338 e. The van der Waals surface area contributed by atoms with Crippen molar-refractivity contribution in [3.8, 4) is 17.6 Å². The molecule has 45 heavy (non-hydrogen) atoms. The van der Waals surface area contributed by atoms with Gasteiger partial charge in [0.1, 0.15) is 24.1 Å². The average molecular weight is 751 g/mol. The fraction of sp³-hybridized carbons (Fsp3) is 0.235. The number of carbonyl (C=O) groups is 1. The van der Waals surface area contributed by atoms with Crippen LogP contribution in [0.25, 0.3) is 6.08 Å². The lowest BCUT2D eigenvalue weighted by atomic mass is 9.93. The van der Waals surface area contributed by atoms with Gasteiger partial charge in [-0.3, -0.25) is 9.36 Å². The summed E-state index contributed by atoms with van der Waals surface area (Å²) in [4.78, 5) is 32.9. The Morgan fingerprint density at radius 3 is 2.51 bits per heavy atom. The number of hydrogen-bond donors (Lipinski definition) is 0. The van der Waals surface area contributed by atoms with Gasteiger partial charge in [0.25, 0.3) is 5.56 Å². The van der Waals surface area contributed by atoms with Crippen molar-refractivity contribution in [2.24, 2.45) is 4.99 Å². The molecule has 1 aromatic heterocycles. The zero-order valence-corrected chi connectivity index (χ0v) is 28.8. The van der Waals surface area contributed by atoms with Gasteiger partial charge in [0.05, 0.1) is 45.6 Å². The number of nitrogens with zero attached hydrogens (tertiary/aromatic N) is 3. The highest BCUT2D eigenvalue weighted by molar-refractivity contribution is 9.10. The van der Waals surface area contributed by atoms with E-state index in [4.69, 9.17) is 24.5 Å². The summed E-state index contributed by atoms with van der Waals surface area (Å²) in [5.41, 5.74) is 3.62. The van der Waals surface area contributed by atoms with Crippen molar-refractivity contribution in [3.05, 3.63) is 123 Å². The van der Waals surface area contributed by atoms with Crippen LogP contribution in [0, 0.1) is 11.3 Å². The first-order valence-corrected chi connectivity index (χ1v) is 16.6. The molecule has 0 saturated heterocycles. The van der Waals surface area contributed by atoms with Gasteiger partial charge in [-0.25, -0.2) is 9.79 Å². The number of aromatic nitrogens is 1. The summed E-state index contributed by atoms with van der Waals surface area (Å²) in [6.07, 6.45) is 3.11. The Bertz CT molecular complexity index is 2010. The number of rotatable bonds is 10. The van der Waals surface area contributed by atoms with E-state index < -0.39 is 12.0 Å². The van der Waals surface area contributed by atoms with Crippen molar-refractivity contribution >= 4 is 55.2 Å². The molecule has 1 atom stereocenters. The zero-order chi connectivity index (χ0) is 32.1. The monoisotopic (exact) mass is 749 g/mol. The van der Waals surface area contributed by atoms with Crippen LogP contribution in [0.4, 0.5) is 0 Å². The van der Waals surface area contributed by atoms with Gasteiger partial charge in [0.15, 0.2) is 4.80 Å². The first kappa shape index (κ1) is 32.4. The van der Waals surface area contributed by atoms with Crippen LogP contribution in [-0.2, 0) is 16.1 Å². The molecule has 0 spiro atoms. The summed E-state index contributed by atoms with van der Waals surface area (Å²) >= 11 is 8.41. The van der Waals surface area contributed by atoms with Gasteiger partial charge in [-0.1, -0.05) is 58.8 Å². The predicted molar refractivity (Wildman–Crippen MR) is 180 cm³/mol. The highest BCUT2D eigenvalue weighted by Crippen LogP contribution is 2.38. The maximum Gasteiger partial charge on any atom is 0.338 e. The number of esters is 1. The standard InChI is InChI=1S/C34H29Br2N3O5S/c1-4-6-26-30(33(41)43-5-2)31(24-17-23(35)12-14-27(24)42-3)39-32(40)29(45-34(39)38-26)16-22-11-13-28(25(36)15-22)44-19-21-9-7-20(18-37)8-10-21/h7-17,31H,4-6,19H2,1-3H3/b29-16+/t31-/m1/s1. The van der Waals surface area contributed by atoms with Crippen LogP contribution in [0.15, 0.2) is 90.7 Å². The Morgan fingerprint density at radius 2 is 1.84 bits per heavy atom. The predicted octanol–water partition coefficient (Wildman–Crippen LogP) is 6.56. The molecule has 5 rings (SSSR count). The van der Waals surface area contributed by atoms with Gasteiger partial charge in [-0.2, -0.15) is 5.26 Å². The normalized spacial score (nSPS) is 14.4. The van der Waals surface area contributed by atoms with Crippen LogP contribution in [-0.4, -0.2) is 24.3 Å². The summed E-state index contributed by atoms with van der Waals surface area (Å²) in [5, 5.41) is 9.01. The summed E-state index contributed by atoms with van der Waals surface area (Å²) in [6, 6.07) is 19.7. The molecule has 0 aliphatic carbocycles. The second-order valence-corrected chi connectivity index (χ2v) is 12.9. The first-order valence-electron chi connectivity index (χ1n) is 14.2. The molecule has 0 saturated carbocycles. The summed E-state index contributed by atoms with van der Waals surface area (Å²) in [7, 11) is 1.56. The summed E-state index contributed by atoms with van der Waals surface area (Å²) in [5.74, 6) is 0.674. The molecular formula is C34H29Br2N3O5S. The third-order valence-corrected chi connectivity index (χ3v) is 9.21. The number of thiazole rings is 1. The van der Waals surface area contributed by atoms with E-state index in [0.717, 1.165) is 26.5 Å². The Labute approximate surface area is 281 Å². The van der Waals surface area contributed by atoms with Crippen molar-refractivity contribution in [2.75, 3.05) is 13.7 Å². The van der Waals surface area contributed by atoms with Crippen molar-refractivity contribution in [1.82, 2.24) is 4.57 Å². The molecular weight excluding hydrogens is 722 g/mol. The Morgan fingerprint density at radius 1 is 1.09 bits per heavy atom. The van der Waals surface area contributed by atoms with Crippen molar-refractivity contribution in [3.63, 3.8) is 0 Å². The Hall–Kier alpha value is -3.98. The fourth-order valence-electron chi connectivity index (χ4n) is 5.05. The van der Waals surface area contributed by atoms with Crippen molar-refractivity contribution in [2.45, 2.75) is 39.3 Å². The average Bonchev–Trinajstić information content (AvgIpc) is 3.34. The van der Waals surface area contributed by atoms with E-state index >= 15 is 0 Å². The lowest BCUT2D eigenvalue weighted by Gasteiger charge is -2.27. The van der Waals surface area contributed by atoms with Gasteiger partial charge < -0.3 is 14.2 Å². The lowest BCUT2D eigenvalue weighted by molar-refractivity contribution is -0.139. The summed E-state index contributed by atoms with van der Waals surface area (Å²) < 4.78 is 20.7. The molecule has 0 radical (unpaired) electrons.